The zero-order chi connectivity index (χ0) is 17.7. The third kappa shape index (κ3) is 8.50. The number of esters is 1. The zero-order valence-electron chi connectivity index (χ0n) is 13.5. The minimum Gasteiger partial charge on any atom is -0.462 e. The lowest BCUT2D eigenvalue weighted by Gasteiger charge is -2.26. The lowest BCUT2D eigenvalue weighted by molar-refractivity contribution is -0.145. The zero-order valence-corrected chi connectivity index (χ0v) is 19.9. The molecule has 0 radical (unpaired) electrons. The normalized spacial score (nSPS) is 13.7. The molecule has 23 heavy (non-hydrogen) atoms. The van der Waals surface area contributed by atoms with Crippen LogP contribution in [0.25, 0.3) is 0 Å². The molecule has 0 aliphatic rings. The van der Waals surface area contributed by atoms with Gasteiger partial charge in [0.2, 0.25) is 0 Å². The van der Waals surface area contributed by atoms with Gasteiger partial charge < -0.3 is 4.74 Å². The number of carbonyl (C=O) groups excluding carboxylic acids is 1. The largest absolute Gasteiger partial charge is 0.462 e. The van der Waals surface area contributed by atoms with Crippen molar-refractivity contribution in [3.05, 3.63) is 34.3 Å². The van der Waals surface area contributed by atoms with Crippen molar-refractivity contribution in [3.8, 4) is 0 Å². The molecule has 0 saturated carbocycles. The van der Waals surface area contributed by atoms with E-state index in [9.17, 15) is 4.79 Å². The fourth-order valence-corrected chi connectivity index (χ4v) is 2.69. The van der Waals surface area contributed by atoms with Crippen LogP contribution in [0.15, 0.2) is 28.7 Å². The maximum atomic E-state index is 12.6. The molecule has 0 bridgehead atoms. The van der Waals surface area contributed by atoms with Gasteiger partial charge in [0.05, 0.1) is 5.92 Å². The van der Waals surface area contributed by atoms with Crippen molar-refractivity contribution in [1.29, 1.82) is 0 Å². The Morgan fingerprint density at radius 1 is 1.17 bits per heavy atom. The highest BCUT2D eigenvalue weighted by molar-refractivity contribution is 9.39. The van der Waals surface area contributed by atoms with Crippen LogP contribution in [0.3, 0.4) is 0 Å². The van der Waals surface area contributed by atoms with Gasteiger partial charge in [-0.1, -0.05) is 103 Å². The van der Waals surface area contributed by atoms with Gasteiger partial charge in [-0.05, 0) is 36.0 Å². The number of alkyl halides is 3. The Morgan fingerprint density at radius 2 is 1.74 bits per heavy atom. The van der Waals surface area contributed by atoms with Crippen LogP contribution < -0.4 is 0 Å². The molecule has 2 nitrogen and oxygen atoms in total. The van der Waals surface area contributed by atoms with Crippen molar-refractivity contribution in [1.82, 2.24) is 0 Å². The summed E-state index contributed by atoms with van der Waals surface area (Å²) >= 11 is 13.5. The topological polar surface area (TPSA) is 26.3 Å². The Balaban J connectivity index is 2.87. The van der Waals surface area contributed by atoms with Gasteiger partial charge in [0.25, 0.3) is 0 Å². The molecule has 0 N–H and O–H groups in total. The fraction of sp³-hybridized carbons (Fsp3) is 0.588. The molecule has 0 fully saturated rings. The molecule has 1 rings (SSSR count). The summed E-state index contributed by atoms with van der Waals surface area (Å²) in [6.45, 7) is 6.85. The lowest BCUT2D eigenvalue weighted by Crippen LogP contribution is -2.23. The molecule has 0 spiro atoms. The van der Waals surface area contributed by atoms with E-state index >= 15 is 0 Å². The van der Waals surface area contributed by atoms with E-state index in [0.29, 0.717) is 0 Å². The third-order valence-electron chi connectivity index (χ3n) is 4.00. The summed E-state index contributed by atoms with van der Waals surface area (Å²) in [7, 11) is 0. The van der Waals surface area contributed by atoms with Crippen LogP contribution in [-0.2, 0) is 9.53 Å². The standard InChI is InChI=1S/C17H22Br4O2/c1-4-16(2,3)10-9-14(12-5-7-13(18)8-6-12)15(22)23-11-17(19,20)21/h5-8,14H,4,9-11H2,1-3H3/t14-/m0/s1. The molecule has 1 aromatic rings. The average molecular weight is 578 g/mol. The minimum absolute atomic E-state index is 0.193. The number of ether oxygens (including phenoxy) is 1. The van der Waals surface area contributed by atoms with Crippen LogP contribution in [0.1, 0.15) is 51.5 Å². The molecule has 0 aromatic heterocycles. The summed E-state index contributed by atoms with van der Waals surface area (Å²) in [5.74, 6) is -0.439. The Morgan fingerprint density at radius 3 is 2.22 bits per heavy atom. The molecule has 0 amide bonds. The van der Waals surface area contributed by atoms with E-state index in [2.05, 4.69) is 84.5 Å². The second kappa shape index (κ2) is 9.35. The number of hydrogen-bond donors (Lipinski definition) is 0. The van der Waals surface area contributed by atoms with E-state index in [1.807, 2.05) is 24.3 Å². The van der Waals surface area contributed by atoms with Crippen molar-refractivity contribution in [2.24, 2.45) is 5.41 Å². The van der Waals surface area contributed by atoms with Crippen LogP contribution in [0.5, 0.6) is 0 Å². The van der Waals surface area contributed by atoms with Gasteiger partial charge in [-0.25, -0.2) is 0 Å². The number of rotatable bonds is 7. The van der Waals surface area contributed by atoms with Gasteiger partial charge in [-0.3, -0.25) is 4.79 Å². The molecule has 130 valence electrons. The molecular weight excluding hydrogens is 556 g/mol. The SMILES string of the molecule is CCC(C)(C)CC[C@H](C(=O)OCC(Br)(Br)Br)c1ccc(Br)cc1. The Labute approximate surface area is 172 Å². The molecule has 1 aromatic carbocycles. The highest BCUT2D eigenvalue weighted by Crippen LogP contribution is 2.36. The molecule has 0 saturated heterocycles. The smallest absolute Gasteiger partial charge is 0.313 e. The average Bonchev–Trinajstić information content (AvgIpc) is 2.46. The summed E-state index contributed by atoms with van der Waals surface area (Å²) in [4.78, 5) is 12.6. The summed E-state index contributed by atoms with van der Waals surface area (Å²) in [5, 5.41) is 0. The summed E-state index contributed by atoms with van der Waals surface area (Å²) in [6, 6.07) is 7.89. The Bertz CT molecular complexity index is 506. The second-order valence-corrected chi connectivity index (χ2v) is 14.6. The summed E-state index contributed by atoms with van der Waals surface area (Å²) in [5.41, 5.74) is 1.21. The molecule has 0 heterocycles. The number of halogens is 4. The van der Waals surface area contributed by atoms with Crippen LogP contribution in [-0.4, -0.2) is 14.7 Å². The van der Waals surface area contributed by atoms with E-state index in [0.717, 1.165) is 29.3 Å². The highest BCUT2D eigenvalue weighted by Gasteiger charge is 2.28. The first-order valence-corrected chi connectivity index (χ1v) is 10.7. The quantitative estimate of drug-likeness (QED) is 0.255. The monoisotopic (exact) mass is 574 g/mol. The fourth-order valence-electron chi connectivity index (χ4n) is 2.08. The van der Waals surface area contributed by atoms with Crippen LogP contribution in [0, 0.1) is 5.41 Å². The minimum atomic E-state index is -0.574. The van der Waals surface area contributed by atoms with E-state index in [1.165, 1.54) is 0 Å². The maximum absolute atomic E-state index is 12.6. The first-order valence-electron chi connectivity index (χ1n) is 7.53. The van der Waals surface area contributed by atoms with Crippen LogP contribution >= 0.6 is 63.7 Å². The molecule has 0 aliphatic carbocycles. The molecular formula is C17H22Br4O2. The molecule has 0 aliphatic heterocycles. The van der Waals surface area contributed by atoms with Gasteiger partial charge in [0.15, 0.2) is 2.14 Å². The first kappa shape index (κ1) is 21.7. The maximum Gasteiger partial charge on any atom is 0.313 e. The van der Waals surface area contributed by atoms with E-state index in [-0.39, 0.29) is 23.9 Å². The summed E-state index contributed by atoms with van der Waals surface area (Å²) in [6.07, 6.45) is 2.84. The second-order valence-electron chi connectivity index (χ2n) is 6.38. The van der Waals surface area contributed by atoms with Crippen molar-refractivity contribution >= 4 is 69.7 Å². The van der Waals surface area contributed by atoms with Crippen molar-refractivity contribution < 1.29 is 9.53 Å². The summed E-state index contributed by atoms with van der Waals surface area (Å²) < 4.78 is 5.89. The van der Waals surface area contributed by atoms with Crippen LogP contribution in [0.4, 0.5) is 0 Å². The molecule has 6 heteroatoms. The van der Waals surface area contributed by atoms with Gasteiger partial charge in [-0.2, -0.15) is 0 Å². The predicted octanol–water partition coefficient (Wildman–Crippen LogP) is 7.13. The number of carbonyl (C=O) groups is 1. The number of benzene rings is 1. The Kier molecular flexibility index (Phi) is 8.80. The van der Waals surface area contributed by atoms with Crippen molar-refractivity contribution in [3.63, 3.8) is 0 Å². The first-order chi connectivity index (χ1) is 10.5. The van der Waals surface area contributed by atoms with E-state index < -0.39 is 2.14 Å². The molecule has 0 unspecified atom stereocenters. The highest BCUT2D eigenvalue weighted by atomic mass is 80.0. The van der Waals surface area contributed by atoms with Gasteiger partial charge in [0.1, 0.15) is 6.61 Å². The Hall–Kier alpha value is 0.610. The third-order valence-corrected chi connectivity index (χ3v) is 5.22. The molecule has 1 atom stereocenters. The van der Waals surface area contributed by atoms with E-state index in [1.54, 1.807) is 0 Å². The van der Waals surface area contributed by atoms with Gasteiger partial charge in [-0.15, -0.1) is 0 Å². The van der Waals surface area contributed by atoms with Crippen molar-refractivity contribution in [2.45, 2.75) is 48.1 Å². The van der Waals surface area contributed by atoms with E-state index in [4.69, 9.17) is 4.74 Å². The van der Waals surface area contributed by atoms with Crippen molar-refractivity contribution in [2.75, 3.05) is 6.61 Å². The van der Waals surface area contributed by atoms with Gasteiger partial charge in [0, 0.05) is 4.47 Å². The number of hydrogen-bond acceptors (Lipinski definition) is 2. The van der Waals surface area contributed by atoms with Gasteiger partial charge >= 0.3 is 5.97 Å². The predicted molar refractivity (Wildman–Crippen MR) is 111 cm³/mol. The lowest BCUT2D eigenvalue weighted by atomic mass is 9.81. The van der Waals surface area contributed by atoms with Crippen LogP contribution in [0.2, 0.25) is 0 Å².